The first-order chi connectivity index (χ1) is 15.7. The average Bonchev–Trinajstić information content (AvgIpc) is 3.37. The minimum absolute atomic E-state index is 0. The van der Waals surface area contributed by atoms with Crippen LogP contribution in [-0.4, -0.2) is 40.8 Å². The highest BCUT2D eigenvalue weighted by molar-refractivity contribution is 14.0. The molecule has 176 valence electrons. The van der Waals surface area contributed by atoms with Crippen molar-refractivity contribution >= 4 is 29.9 Å². The van der Waals surface area contributed by atoms with Crippen LogP contribution in [0.3, 0.4) is 0 Å². The highest BCUT2D eigenvalue weighted by Crippen LogP contribution is 2.33. The Morgan fingerprint density at radius 1 is 1.18 bits per heavy atom. The number of aromatic nitrogens is 3. The molecule has 0 saturated carbocycles. The van der Waals surface area contributed by atoms with Gasteiger partial charge in [0.25, 0.3) is 0 Å². The predicted molar refractivity (Wildman–Crippen MR) is 143 cm³/mol. The van der Waals surface area contributed by atoms with Gasteiger partial charge in [0.2, 0.25) is 0 Å². The molecular weight excluding hydrogens is 527 g/mol. The summed E-state index contributed by atoms with van der Waals surface area (Å²) in [5, 5.41) is 13.8. The number of aryl methyl sites for hydroxylation is 1. The lowest BCUT2D eigenvalue weighted by molar-refractivity contribution is -0.0265. The van der Waals surface area contributed by atoms with Crippen LogP contribution >= 0.6 is 24.0 Å². The van der Waals surface area contributed by atoms with E-state index in [2.05, 4.69) is 76.1 Å². The van der Waals surface area contributed by atoms with E-state index >= 15 is 0 Å². The third kappa shape index (κ3) is 7.01. The number of aliphatic imine (C=N–C) groups is 1. The van der Waals surface area contributed by atoms with Crippen molar-refractivity contribution in [2.75, 3.05) is 19.7 Å². The Kier molecular flexibility index (Phi) is 9.68. The molecule has 7 nitrogen and oxygen atoms in total. The van der Waals surface area contributed by atoms with E-state index in [0.29, 0.717) is 12.5 Å². The third-order valence-electron chi connectivity index (χ3n) is 5.76. The molecule has 3 aromatic rings. The molecule has 3 N–H and O–H groups in total. The molecular formula is C25H33IN6O. The van der Waals surface area contributed by atoms with Gasteiger partial charge in [-0.3, -0.25) is 5.10 Å². The van der Waals surface area contributed by atoms with Crippen molar-refractivity contribution < 1.29 is 4.74 Å². The van der Waals surface area contributed by atoms with Crippen molar-refractivity contribution in [2.24, 2.45) is 10.9 Å². The molecule has 0 bridgehead atoms. The van der Waals surface area contributed by atoms with E-state index in [1.165, 1.54) is 17.5 Å². The Morgan fingerprint density at radius 2 is 2.03 bits per heavy atom. The van der Waals surface area contributed by atoms with Gasteiger partial charge in [-0.05, 0) is 43.9 Å². The predicted octanol–water partition coefficient (Wildman–Crippen LogP) is 4.62. The molecule has 1 aromatic heterocycles. The molecule has 2 heterocycles. The first kappa shape index (κ1) is 25.2. The average molecular weight is 560 g/mol. The van der Waals surface area contributed by atoms with Gasteiger partial charge in [-0.1, -0.05) is 48.0 Å². The fourth-order valence-electron chi connectivity index (χ4n) is 4.08. The molecule has 1 fully saturated rings. The maximum Gasteiger partial charge on any atom is 0.191 e. The van der Waals surface area contributed by atoms with Crippen molar-refractivity contribution in [3.63, 3.8) is 0 Å². The Labute approximate surface area is 212 Å². The first-order valence-electron chi connectivity index (χ1n) is 11.4. The molecule has 0 aliphatic carbocycles. The lowest BCUT2D eigenvalue weighted by Crippen LogP contribution is -2.42. The summed E-state index contributed by atoms with van der Waals surface area (Å²) in [6, 6.07) is 16.9. The highest BCUT2D eigenvalue weighted by Gasteiger charge is 2.27. The second-order valence-corrected chi connectivity index (χ2v) is 8.21. The van der Waals surface area contributed by atoms with Crippen LogP contribution in [0.25, 0.3) is 11.4 Å². The van der Waals surface area contributed by atoms with Gasteiger partial charge in [0, 0.05) is 31.2 Å². The summed E-state index contributed by atoms with van der Waals surface area (Å²) in [4.78, 5) is 9.04. The monoisotopic (exact) mass is 560 g/mol. The van der Waals surface area contributed by atoms with Crippen LogP contribution in [0.5, 0.6) is 0 Å². The van der Waals surface area contributed by atoms with E-state index in [0.717, 1.165) is 55.4 Å². The second-order valence-electron chi connectivity index (χ2n) is 8.21. The summed E-state index contributed by atoms with van der Waals surface area (Å²) in [5.74, 6) is 2.00. The van der Waals surface area contributed by atoms with Gasteiger partial charge >= 0.3 is 0 Å². The van der Waals surface area contributed by atoms with Gasteiger partial charge in [0.1, 0.15) is 6.33 Å². The Hall–Kier alpha value is -2.46. The van der Waals surface area contributed by atoms with Gasteiger partial charge in [-0.2, -0.15) is 5.10 Å². The standard InChI is InChI=1S/C25H32N6O.HI/c1-3-26-25(27-15-19-6-4-7-21(14-19)24-29-17-30-31-24)28-16-22-8-5-13-32-23(22)20-11-9-18(2)10-12-20;/h4,6-7,9-12,14,17,22-23H,3,5,8,13,15-16H2,1-2H3,(H2,26,27,28)(H,29,30,31);1H. The van der Waals surface area contributed by atoms with Crippen LogP contribution in [0.15, 0.2) is 59.9 Å². The van der Waals surface area contributed by atoms with Crippen LogP contribution in [0.2, 0.25) is 0 Å². The molecule has 1 saturated heterocycles. The van der Waals surface area contributed by atoms with Gasteiger partial charge in [-0.15, -0.1) is 24.0 Å². The van der Waals surface area contributed by atoms with Crippen molar-refractivity contribution in [1.82, 2.24) is 25.8 Å². The zero-order valence-corrected chi connectivity index (χ0v) is 21.6. The number of rotatable bonds is 7. The van der Waals surface area contributed by atoms with E-state index in [-0.39, 0.29) is 30.1 Å². The van der Waals surface area contributed by atoms with Crippen molar-refractivity contribution in [2.45, 2.75) is 39.3 Å². The van der Waals surface area contributed by atoms with Gasteiger partial charge in [0.15, 0.2) is 11.8 Å². The summed E-state index contributed by atoms with van der Waals surface area (Å²) in [5.41, 5.74) is 4.66. The maximum atomic E-state index is 6.17. The number of ether oxygens (including phenoxy) is 1. The van der Waals surface area contributed by atoms with Gasteiger partial charge < -0.3 is 15.4 Å². The number of halogens is 1. The van der Waals surface area contributed by atoms with Crippen LogP contribution in [0.4, 0.5) is 0 Å². The number of hydrogen-bond acceptors (Lipinski definition) is 4. The molecule has 4 rings (SSSR count). The van der Waals surface area contributed by atoms with Crippen LogP contribution in [0.1, 0.15) is 42.6 Å². The zero-order chi connectivity index (χ0) is 22.2. The van der Waals surface area contributed by atoms with Crippen LogP contribution in [0, 0.1) is 12.8 Å². The minimum atomic E-state index is 0. The quantitative estimate of drug-likeness (QED) is 0.223. The van der Waals surface area contributed by atoms with Crippen molar-refractivity contribution in [1.29, 1.82) is 0 Å². The van der Waals surface area contributed by atoms with Gasteiger partial charge in [0.05, 0.1) is 12.6 Å². The normalized spacial score (nSPS) is 18.4. The number of nitrogens with one attached hydrogen (secondary N) is 3. The largest absolute Gasteiger partial charge is 0.373 e. The number of guanidine groups is 1. The number of nitrogens with zero attached hydrogens (tertiary/aromatic N) is 3. The molecule has 0 spiro atoms. The molecule has 2 aromatic carbocycles. The topological polar surface area (TPSA) is 87.2 Å². The first-order valence-corrected chi connectivity index (χ1v) is 11.4. The van der Waals surface area contributed by atoms with Crippen molar-refractivity contribution in [3.8, 4) is 11.4 Å². The third-order valence-corrected chi connectivity index (χ3v) is 5.76. The van der Waals surface area contributed by atoms with Crippen molar-refractivity contribution in [3.05, 3.63) is 71.5 Å². The smallest absolute Gasteiger partial charge is 0.191 e. The number of hydrogen-bond donors (Lipinski definition) is 3. The molecule has 0 amide bonds. The zero-order valence-electron chi connectivity index (χ0n) is 19.3. The summed E-state index contributed by atoms with van der Waals surface area (Å²) >= 11 is 0. The summed E-state index contributed by atoms with van der Waals surface area (Å²) < 4.78 is 6.17. The number of benzene rings is 2. The fraction of sp³-hybridized carbons (Fsp3) is 0.400. The number of aromatic amines is 1. The molecule has 1 aliphatic heterocycles. The lowest BCUT2D eigenvalue weighted by Gasteiger charge is -2.32. The Balaban J connectivity index is 0.00000306. The fourth-order valence-corrected chi connectivity index (χ4v) is 4.08. The summed E-state index contributed by atoms with van der Waals surface area (Å²) in [6.07, 6.45) is 3.88. The highest BCUT2D eigenvalue weighted by atomic mass is 127. The van der Waals surface area contributed by atoms with Gasteiger partial charge in [-0.25, -0.2) is 9.98 Å². The molecule has 8 heteroatoms. The second kappa shape index (κ2) is 12.7. The SMILES string of the molecule is CCNC(=NCc1cccc(-c2ncn[nH]2)c1)NCC1CCCOC1c1ccc(C)cc1.I. The van der Waals surface area contributed by atoms with Crippen LogP contribution < -0.4 is 10.6 Å². The Morgan fingerprint density at radius 3 is 2.79 bits per heavy atom. The molecule has 33 heavy (non-hydrogen) atoms. The molecule has 2 atom stereocenters. The lowest BCUT2D eigenvalue weighted by atomic mass is 9.89. The minimum Gasteiger partial charge on any atom is -0.373 e. The van der Waals surface area contributed by atoms with E-state index < -0.39 is 0 Å². The van der Waals surface area contributed by atoms with E-state index in [1.54, 1.807) is 0 Å². The van der Waals surface area contributed by atoms with E-state index in [9.17, 15) is 0 Å². The number of H-pyrrole nitrogens is 1. The van der Waals surface area contributed by atoms with E-state index in [1.807, 2.05) is 12.1 Å². The Bertz CT molecular complexity index is 1010. The van der Waals surface area contributed by atoms with Crippen LogP contribution in [-0.2, 0) is 11.3 Å². The summed E-state index contributed by atoms with van der Waals surface area (Å²) in [6.45, 7) is 7.24. The molecule has 0 radical (unpaired) electrons. The molecule has 1 aliphatic rings. The molecule has 2 unspecified atom stereocenters. The van der Waals surface area contributed by atoms with E-state index in [4.69, 9.17) is 9.73 Å². The maximum absolute atomic E-state index is 6.17. The summed E-state index contributed by atoms with van der Waals surface area (Å²) in [7, 11) is 0.